The molecule has 4 aromatic rings. The molecule has 0 bridgehead atoms. The number of hydrogen-bond acceptors (Lipinski definition) is 3. The smallest absolute Gasteiger partial charge is 0.461 e. The minimum absolute atomic E-state index is 0.0227. The molecule has 47 heavy (non-hydrogen) atoms. The van der Waals surface area contributed by atoms with Crippen molar-refractivity contribution < 1.29 is 58.2 Å². The molecule has 1 atom stereocenters. The highest BCUT2D eigenvalue weighted by molar-refractivity contribution is 5.95. The van der Waals surface area contributed by atoms with Crippen molar-refractivity contribution in [2.24, 2.45) is 0 Å². The van der Waals surface area contributed by atoms with Gasteiger partial charge in [0.05, 0.1) is 17.7 Å². The predicted molar refractivity (Wildman–Crippen MR) is 150 cm³/mol. The molecule has 0 aromatic heterocycles. The van der Waals surface area contributed by atoms with Gasteiger partial charge in [-0.15, -0.1) is 0 Å². The van der Waals surface area contributed by atoms with Crippen LogP contribution in [0.25, 0.3) is 0 Å². The van der Waals surface area contributed by atoms with Gasteiger partial charge in [0.2, 0.25) is 0 Å². The summed E-state index contributed by atoms with van der Waals surface area (Å²) in [5.74, 6) is -6.56. The van der Waals surface area contributed by atoms with Gasteiger partial charge < -0.3 is 14.8 Å². The zero-order valence-corrected chi connectivity index (χ0v) is 24.3. The van der Waals surface area contributed by atoms with E-state index in [0.29, 0.717) is 24.1 Å². The maximum atomic E-state index is 15.1. The Kier molecular flexibility index (Phi) is 10.4. The molecule has 4 rings (SSSR count). The van der Waals surface area contributed by atoms with Gasteiger partial charge in [0.1, 0.15) is 17.4 Å². The second kappa shape index (κ2) is 13.9. The molecule has 0 aliphatic heterocycles. The van der Waals surface area contributed by atoms with Crippen molar-refractivity contribution in [1.29, 1.82) is 0 Å². The molecule has 1 unspecified atom stereocenters. The third kappa shape index (κ3) is 8.16. The van der Waals surface area contributed by atoms with Crippen LogP contribution in [0, 0.1) is 17.5 Å². The molecule has 1 N–H and O–H groups in total. The topological polar surface area (TPSA) is 47.6 Å². The number of rotatable bonds is 12. The quantitative estimate of drug-likeness (QED) is 0.153. The largest absolute Gasteiger partial charge is 0.491 e. The molecule has 0 heterocycles. The van der Waals surface area contributed by atoms with Crippen molar-refractivity contribution in [3.05, 3.63) is 130 Å². The van der Waals surface area contributed by atoms with Crippen LogP contribution in [-0.2, 0) is 18.1 Å². The lowest BCUT2D eigenvalue weighted by Gasteiger charge is -2.37. The second-order valence-electron chi connectivity index (χ2n) is 10.3. The molecule has 0 saturated heterocycles. The number of amides is 1. The van der Waals surface area contributed by atoms with Crippen molar-refractivity contribution in [2.45, 2.75) is 44.0 Å². The SMILES string of the molecule is CCCOc1cc(C(Cc2ccccc2)(NC(=O)c2ccc(F)c(C(F)(F)F)c2)c2cc(F)cc(OC(F)(F)C(F)F)c2)ccc1F. The normalized spacial score (nSPS) is 13.3. The number of carbonyl (C=O) groups is 1. The predicted octanol–water partition coefficient (Wildman–Crippen LogP) is 9.06. The lowest BCUT2D eigenvalue weighted by Crippen LogP contribution is -2.49. The van der Waals surface area contributed by atoms with Crippen molar-refractivity contribution in [1.82, 2.24) is 5.32 Å². The van der Waals surface area contributed by atoms with Gasteiger partial charge in [-0.2, -0.15) is 30.7 Å². The Morgan fingerprint density at radius 1 is 0.809 bits per heavy atom. The van der Waals surface area contributed by atoms with Crippen LogP contribution in [0.15, 0.2) is 84.9 Å². The summed E-state index contributed by atoms with van der Waals surface area (Å²) in [5, 5.41) is 2.50. The van der Waals surface area contributed by atoms with Gasteiger partial charge in [0.15, 0.2) is 11.6 Å². The summed E-state index contributed by atoms with van der Waals surface area (Å²) in [6.45, 7) is 1.75. The number of halogens is 10. The van der Waals surface area contributed by atoms with Crippen LogP contribution in [-0.4, -0.2) is 25.0 Å². The van der Waals surface area contributed by atoms with Crippen molar-refractivity contribution in [3.8, 4) is 11.5 Å². The van der Waals surface area contributed by atoms with Crippen molar-refractivity contribution in [3.63, 3.8) is 0 Å². The summed E-state index contributed by atoms with van der Waals surface area (Å²) in [7, 11) is 0. The molecule has 0 aliphatic carbocycles. The van der Waals surface area contributed by atoms with E-state index >= 15 is 4.39 Å². The van der Waals surface area contributed by atoms with E-state index in [1.54, 1.807) is 37.3 Å². The maximum Gasteiger partial charge on any atom is 0.461 e. The molecule has 14 heteroatoms. The first-order chi connectivity index (χ1) is 22.1. The standard InChI is InChI=1S/C33H25F10NO3/c1-2-12-46-28-16-21(9-11-27(28)36)31(18-19-6-4-3-5-7-19,22-14-23(34)17-24(15-22)47-33(42,43)30(37)38)44-29(45)20-8-10-26(35)25(13-20)32(39,40)41/h3-11,13-17,30H,2,12,18H2,1H3,(H,44,45). The number of alkyl halides is 7. The zero-order chi connectivity index (χ0) is 34.6. The highest BCUT2D eigenvalue weighted by atomic mass is 19.4. The monoisotopic (exact) mass is 673 g/mol. The van der Waals surface area contributed by atoms with E-state index in [-0.39, 0.29) is 30.4 Å². The average Bonchev–Trinajstić information content (AvgIpc) is 2.99. The van der Waals surface area contributed by atoms with Gasteiger partial charge in [-0.3, -0.25) is 4.79 Å². The Morgan fingerprint density at radius 2 is 1.49 bits per heavy atom. The summed E-state index contributed by atoms with van der Waals surface area (Å²) >= 11 is 0. The van der Waals surface area contributed by atoms with Crippen LogP contribution < -0.4 is 14.8 Å². The fraction of sp³-hybridized carbons (Fsp3) is 0.242. The first-order valence-electron chi connectivity index (χ1n) is 13.9. The highest BCUT2D eigenvalue weighted by Gasteiger charge is 2.45. The van der Waals surface area contributed by atoms with Gasteiger partial charge >= 0.3 is 18.7 Å². The molecule has 0 aliphatic rings. The van der Waals surface area contributed by atoms with Gasteiger partial charge in [-0.1, -0.05) is 43.3 Å². The Morgan fingerprint density at radius 3 is 2.13 bits per heavy atom. The van der Waals surface area contributed by atoms with Gasteiger partial charge in [-0.05, 0) is 65.6 Å². The Bertz CT molecular complexity index is 1710. The van der Waals surface area contributed by atoms with E-state index in [4.69, 9.17) is 4.74 Å². The van der Waals surface area contributed by atoms with Crippen molar-refractivity contribution in [2.75, 3.05) is 6.61 Å². The Balaban J connectivity index is 2.01. The number of carbonyl (C=O) groups excluding carboxylic acids is 1. The molecule has 4 aromatic carbocycles. The highest BCUT2D eigenvalue weighted by Crippen LogP contribution is 2.40. The molecule has 0 saturated carbocycles. The van der Waals surface area contributed by atoms with Gasteiger partial charge in [0, 0.05) is 18.1 Å². The van der Waals surface area contributed by atoms with E-state index in [0.717, 1.165) is 36.4 Å². The first kappa shape index (κ1) is 35.1. The Labute approximate surface area is 261 Å². The maximum absolute atomic E-state index is 15.1. The lowest BCUT2D eigenvalue weighted by atomic mass is 9.77. The first-order valence-corrected chi connectivity index (χ1v) is 13.9. The summed E-state index contributed by atoms with van der Waals surface area (Å²) in [6.07, 6.45) is -14.5. The van der Waals surface area contributed by atoms with Crippen LogP contribution >= 0.6 is 0 Å². The van der Waals surface area contributed by atoms with E-state index < -0.39 is 70.0 Å². The molecule has 0 spiro atoms. The molecule has 1 amide bonds. The fourth-order valence-corrected chi connectivity index (χ4v) is 4.77. The molecule has 250 valence electrons. The van der Waals surface area contributed by atoms with Crippen molar-refractivity contribution >= 4 is 5.91 Å². The summed E-state index contributed by atoms with van der Waals surface area (Å²) < 4.78 is 148. The molecular weight excluding hydrogens is 648 g/mol. The summed E-state index contributed by atoms with van der Waals surface area (Å²) in [4.78, 5) is 13.7. The Hall–Kier alpha value is -4.75. The van der Waals surface area contributed by atoms with Crippen LogP contribution in [0.5, 0.6) is 11.5 Å². The van der Waals surface area contributed by atoms with Crippen LogP contribution in [0.3, 0.4) is 0 Å². The minimum Gasteiger partial charge on any atom is -0.491 e. The average molecular weight is 674 g/mol. The molecule has 4 nitrogen and oxygen atoms in total. The fourth-order valence-electron chi connectivity index (χ4n) is 4.77. The van der Waals surface area contributed by atoms with E-state index in [2.05, 4.69) is 10.1 Å². The van der Waals surface area contributed by atoms with E-state index in [1.807, 2.05) is 0 Å². The van der Waals surface area contributed by atoms with Crippen LogP contribution in [0.2, 0.25) is 0 Å². The number of hydrogen-bond donors (Lipinski definition) is 1. The molecule has 0 fully saturated rings. The minimum atomic E-state index is -5.20. The lowest BCUT2D eigenvalue weighted by molar-refractivity contribution is -0.253. The molecular formula is C33H25F10NO3. The van der Waals surface area contributed by atoms with Gasteiger partial charge in [-0.25, -0.2) is 13.2 Å². The summed E-state index contributed by atoms with van der Waals surface area (Å²) in [5.41, 5.74) is -4.76. The number of nitrogens with one attached hydrogen (secondary N) is 1. The van der Waals surface area contributed by atoms with E-state index in [9.17, 15) is 44.3 Å². The third-order valence-electron chi connectivity index (χ3n) is 6.93. The second-order valence-corrected chi connectivity index (χ2v) is 10.3. The van der Waals surface area contributed by atoms with Gasteiger partial charge in [0.25, 0.3) is 5.91 Å². The van der Waals surface area contributed by atoms with E-state index in [1.165, 1.54) is 0 Å². The van der Waals surface area contributed by atoms with Crippen LogP contribution in [0.4, 0.5) is 43.9 Å². The zero-order valence-electron chi connectivity index (χ0n) is 24.3. The van der Waals surface area contributed by atoms with Crippen LogP contribution in [0.1, 0.15) is 46.0 Å². The third-order valence-corrected chi connectivity index (χ3v) is 6.93. The summed E-state index contributed by atoms with van der Waals surface area (Å²) in [6, 6.07) is 14.3. The number of ether oxygens (including phenoxy) is 2. The number of benzene rings is 4. The molecule has 0 radical (unpaired) electrons.